The number of quaternary nitrogens is 1. The number of aliphatic carboxylic acids is 2. The van der Waals surface area contributed by atoms with Gasteiger partial charge in [0.2, 0.25) is 6.41 Å². The van der Waals surface area contributed by atoms with Gasteiger partial charge in [-0.05, 0) is 68.1 Å². The molecule has 14 nitrogen and oxygen atoms in total. The third kappa shape index (κ3) is 14.5. The summed E-state index contributed by atoms with van der Waals surface area (Å²) in [6.07, 6.45) is 6.04. The number of amides is 1. The number of piperidine rings is 1. The normalized spacial score (nSPS) is 20.8. The molecule has 3 aromatic carbocycles. The molecule has 2 aliphatic heterocycles. The number of nitrogens with zero attached hydrogens (tertiary/aromatic N) is 1. The van der Waals surface area contributed by atoms with Crippen LogP contribution in [0, 0.1) is 0 Å². The minimum absolute atomic E-state index is 0. The van der Waals surface area contributed by atoms with Gasteiger partial charge < -0.3 is 67.1 Å². The van der Waals surface area contributed by atoms with Gasteiger partial charge in [-0.15, -0.1) is 0 Å². The first-order valence-corrected chi connectivity index (χ1v) is 19.1. The van der Waals surface area contributed by atoms with Gasteiger partial charge in [0, 0.05) is 50.4 Å². The fourth-order valence-corrected chi connectivity index (χ4v) is 7.52. The van der Waals surface area contributed by atoms with Crippen LogP contribution in [0.2, 0.25) is 0 Å². The number of ether oxygens (including phenoxy) is 2. The molecule has 7 N–H and O–H groups in total. The summed E-state index contributed by atoms with van der Waals surface area (Å²) < 4.78 is 12.1. The van der Waals surface area contributed by atoms with Gasteiger partial charge in [0.15, 0.2) is 0 Å². The van der Waals surface area contributed by atoms with Crippen LogP contribution in [0.4, 0.5) is 5.69 Å². The number of hydrogen-bond acceptors (Lipinski definition) is 10. The first kappa shape index (κ1) is 49.3. The molecule has 15 heteroatoms. The second kappa shape index (κ2) is 24.2. The van der Waals surface area contributed by atoms with Crippen molar-refractivity contribution in [2.75, 3.05) is 32.6 Å². The van der Waals surface area contributed by atoms with E-state index in [9.17, 15) is 34.5 Å². The molecule has 0 aromatic heterocycles. The number of halogens is 1. The second-order valence-corrected chi connectivity index (χ2v) is 14.8. The molecule has 2 unspecified atom stereocenters. The lowest BCUT2D eigenvalue weighted by Gasteiger charge is -2.49. The zero-order chi connectivity index (χ0) is 42.1. The third-order valence-corrected chi connectivity index (χ3v) is 10.9. The number of rotatable bonds is 16. The highest BCUT2D eigenvalue weighted by molar-refractivity contribution is 5.89. The Hall–Kier alpha value is -4.80. The molecule has 0 aliphatic carbocycles. The molecule has 0 saturated carbocycles. The number of phenols is 1. The molecule has 1 amide bonds. The Morgan fingerprint density at radius 3 is 1.98 bits per heavy atom. The molecular weight excluding hydrogens is 814 g/mol. The SMILES string of the molecule is CC(C)[N+]1(C)[C@@H]2CC[C@H]1C[C@@H](OC(=O)C(CO)c1ccccc1)C2.COc1ccc(C[C@@H](C)NC[C@H](O)c2ccc(O)c(NC=O)c2)cc1.O=C(O)/C=C/C(=O)O.[Br-]. The van der Waals surface area contributed by atoms with Gasteiger partial charge in [-0.2, -0.15) is 0 Å². The average molecular weight is 873 g/mol. The molecule has 318 valence electrons. The Morgan fingerprint density at radius 1 is 0.897 bits per heavy atom. The summed E-state index contributed by atoms with van der Waals surface area (Å²) in [5, 5.41) is 50.9. The van der Waals surface area contributed by atoms with Gasteiger partial charge in [0.1, 0.15) is 23.5 Å². The molecule has 0 radical (unpaired) electrons. The molecule has 2 bridgehead atoms. The van der Waals surface area contributed by atoms with Crippen LogP contribution in [-0.4, -0.2) is 112 Å². The highest BCUT2D eigenvalue weighted by Crippen LogP contribution is 2.44. The smallest absolute Gasteiger partial charge is 0.328 e. The van der Waals surface area contributed by atoms with Gasteiger partial charge >= 0.3 is 17.9 Å². The monoisotopic (exact) mass is 871 g/mol. The van der Waals surface area contributed by atoms with E-state index in [1.165, 1.54) is 24.5 Å². The van der Waals surface area contributed by atoms with E-state index < -0.39 is 24.0 Å². The van der Waals surface area contributed by atoms with E-state index in [0.29, 0.717) is 48.8 Å². The number of aliphatic hydroxyl groups excluding tert-OH is 2. The number of benzene rings is 3. The molecule has 2 saturated heterocycles. The number of fused-ring (bicyclic) bond motifs is 2. The largest absolute Gasteiger partial charge is 1.00 e. The van der Waals surface area contributed by atoms with Gasteiger partial charge in [0.05, 0.1) is 50.7 Å². The van der Waals surface area contributed by atoms with E-state index in [0.717, 1.165) is 35.1 Å². The van der Waals surface area contributed by atoms with Gasteiger partial charge in [-0.3, -0.25) is 9.59 Å². The molecule has 7 atom stereocenters. The lowest BCUT2D eigenvalue weighted by atomic mass is 9.94. The van der Waals surface area contributed by atoms with Crippen molar-refractivity contribution < 1.29 is 75.6 Å². The van der Waals surface area contributed by atoms with Crippen LogP contribution in [0.15, 0.2) is 84.9 Å². The van der Waals surface area contributed by atoms with Crippen molar-refractivity contribution >= 4 is 30.0 Å². The second-order valence-electron chi connectivity index (χ2n) is 14.8. The third-order valence-electron chi connectivity index (χ3n) is 10.9. The van der Waals surface area contributed by atoms with E-state index in [2.05, 4.69) is 31.5 Å². The molecule has 2 aliphatic rings. The Labute approximate surface area is 350 Å². The summed E-state index contributed by atoms with van der Waals surface area (Å²) in [6.45, 7) is 6.81. The standard InChI is InChI=1S/C20H30NO3.C19H24N2O4.C4H4O4.BrH/c1-14(2)21(3)16-9-10-17(21)12-18(11-16)24-20(23)19(13-22)15-7-5-4-6-8-15;1-13(9-14-3-6-16(25-2)7-4-14)20-11-19(24)15-5-8-18(23)17(10-15)21-12-22;5-3(6)1-2-4(7)8;/h4-8,14,16-19,22H,9-13H2,1-3H3;3-8,10,12-13,19-20,23-24H,9,11H2,1-2H3,(H,21,22);1-2H,(H,5,6)(H,7,8);1H/q+1;;;/p-1/b;;2-1+;/t16-,17+,18+,19?,21?;13-,19+;;/m.1../s1. The number of phenolic OH excluding ortho intramolecular Hbond substituents is 1. The lowest BCUT2D eigenvalue weighted by Crippen LogP contribution is -3.00. The summed E-state index contributed by atoms with van der Waals surface area (Å²) in [5.41, 5.74) is 2.90. The number of anilines is 1. The van der Waals surface area contributed by atoms with Crippen LogP contribution in [0.5, 0.6) is 11.5 Å². The van der Waals surface area contributed by atoms with Crippen LogP contribution >= 0.6 is 0 Å². The minimum atomic E-state index is -1.26. The van der Waals surface area contributed by atoms with Crippen molar-refractivity contribution in [2.45, 2.75) is 95.2 Å². The molecule has 0 spiro atoms. The topological polar surface area (TPSA) is 212 Å². The number of carbonyl (C=O) groups excluding carboxylic acids is 2. The highest BCUT2D eigenvalue weighted by Gasteiger charge is 2.53. The fraction of sp³-hybridized carbons (Fsp3) is 0.442. The van der Waals surface area contributed by atoms with Crippen molar-refractivity contribution in [1.29, 1.82) is 0 Å². The Bertz CT molecular complexity index is 1740. The van der Waals surface area contributed by atoms with Gasteiger partial charge in [0.25, 0.3) is 0 Å². The zero-order valence-corrected chi connectivity index (χ0v) is 35.2. The van der Waals surface area contributed by atoms with Crippen molar-refractivity contribution in [1.82, 2.24) is 5.32 Å². The van der Waals surface area contributed by atoms with Crippen molar-refractivity contribution in [2.24, 2.45) is 0 Å². The van der Waals surface area contributed by atoms with E-state index in [1.54, 1.807) is 19.2 Å². The van der Waals surface area contributed by atoms with E-state index in [4.69, 9.17) is 19.7 Å². The number of carboxylic acids is 2. The predicted molar refractivity (Wildman–Crippen MR) is 215 cm³/mol. The van der Waals surface area contributed by atoms with E-state index in [-0.39, 0.29) is 53.1 Å². The predicted octanol–water partition coefficient (Wildman–Crippen LogP) is 1.79. The minimum Gasteiger partial charge on any atom is -1.00 e. The Balaban J connectivity index is 0.000000333. The number of aromatic hydroxyl groups is 1. The molecule has 58 heavy (non-hydrogen) atoms. The summed E-state index contributed by atoms with van der Waals surface area (Å²) in [7, 11) is 4.01. The van der Waals surface area contributed by atoms with Gasteiger partial charge in [-0.1, -0.05) is 48.5 Å². The number of aliphatic hydroxyl groups is 2. The molecule has 3 aromatic rings. The van der Waals surface area contributed by atoms with Crippen molar-refractivity contribution in [3.63, 3.8) is 0 Å². The van der Waals surface area contributed by atoms with Crippen LogP contribution < -0.4 is 32.4 Å². The number of esters is 1. The summed E-state index contributed by atoms with van der Waals surface area (Å²) in [5.74, 6) is -2.58. The zero-order valence-electron chi connectivity index (χ0n) is 33.7. The average Bonchev–Trinajstić information content (AvgIpc) is 3.34. The maximum absolute atomic E-state index is 12.6. The Kier molecular flexibility index (Phi) is 20.6. The molecule has 2 heterocycles. The molecule has 5 rings (SSSR count). The van der Waals surface area contributed by atoms with Gasteiger partial charge in [-0.25, -0.2) is 9.59 Å². The highest BCUT2D eigenvalue weighted by atomic mass is 79.9. The van der Waals surface area contributed by atoms with Crippen LogP contribution in [0.25, 0.3) is 0 Å². The van der Waals surface area contributed by atoms with Crippen molar-refractivity contribution in [3.8, 4) is 11.5 Å². The molecule has 2 fully saturated rings. The number of carboxylic acid groups (broad SMARTS) is 2. The van der Waals surface area contributed by atoms with Crippen LogP contribution in [-0.2, 0) is 30.3 Å². The number of nitrogens with one attached hydrogen (secondary N) is 2. The first-order chi connectivity index (χ1) is 27.1. The number of hydrogen-bond donors (Lipinski definition) is 7. The quantitative estimate of drug-likeness (QED) is 0.0361. The number of carbonyl (C=O) groups is 4. The summed E-state index contributed by atoms with van der Waals surface area (Å²) in [4.78, 5) is 42.2. The Morgan fingerprint density at radius 2 is 1.48 bits per heavy atom. The molecular formula is C43H58BrN3O11. The van der Waals surface area contributed by atoms with E-state index >= 15 is 0 Å². The maximum atomic E-state index is 12.6. The summed E-state index contributed by atoms with van der Waals surface area (Å²) in [6, 6.07) is 23.9. The fourth-order valence-electron chi connectivity index (χ4n) is 7.52. The van der Waals surface area contributed by atoms with Crippen molar-refractivity contribution in [3.05, 3.63) is 102 Å². The van der Waals surface area contributed by atoms with Crippen LogP contribution in [0.3, 0.4) is 0 Å². The summed E-state index contributed by atoms with van der Waals surface area (Å²) >= 11 is 0. The number of methoxy groups -OCH3 is 1. The maximum Gasteiger partial charge on any atom is 0.328 e. The van der Waals surface area contributed by atoms with Crippen LogP contribution in [0.1, 0.15) is 75.2 Å². The first-order valence-electron chi connectivity index (χ1n) is 19.1. The lowest BCUT2D eigenvalue weighted by molar-refractivity contribution is -0.968. The van der Waals surface area contributed by atoms with E-state index in [1.807, 2.05) is 61.5 Å².